The zero-order chi connectivity index (χ0) is 15.8. The highest BCUT2D eigenvalue weighted by atomic mass is 32.2. The molecule has 1 fully saturated rings. The Bertz CT molecular complexity index is 564. The second-order valence-corrected chi connectivity index (χ2v) is 7.30. The van der Waals surface area contributed by atoms with Crippen LogP contribution >= 0.6 is 0 Å². The van der Waals surface area contributed by atoms with E-state index < -0.39 is 10.0 Å². The Morgan fingerprint density at radius 3 is 2.50 bits per heavy atom. The van der Waals surface area contributed by atoms with Crippen molar-refractivity contribution in [3.8, 4) is 0 Å². The molecule has 1 aromatic carbocycles. The topological polar surface area (TPSA) is 52.6 Å². The number of hydrogen-bond acceptors (Lipinski definition) is 4. The van der Waals surface area contributed by atoms with Gasteiger partial charge in [-0.2, -0.15) is 0 Å². The summed E-state index contributed by atoms with van der Waals surface area (Å²) in [6.07, 6.45) is 2.45. The first kappa shape index (κ1) is 17.1. The SMILES string of the molecule is CN1CCN(CCCNS(=O)(=O)/C=C\c2ccccc2)CC1. The maximum absolute atomic E-state index is 11.9. The van der Waals surface area contributed by atoms with E-state index in [9.17, 15) is 8.42 Å². The van der Waals surface area contributed by atoms with Crippen LogP contribution < -0.4 is 4.72 Å². The Morgan fingerprint density at radius 2 is 1.82 bits per heavy atom. The largest absolute Gasteiger partial charge is 0.304 e. The molecule has 1 aromatic rings. The van der Waals surface area contributed by atoms with Gasteiger partial charge in [-0.3, -0.25) is 0 Å². The van der Waals surface area contributed by atoms with E-state index in [4.69, 9.17) is 0 Å². The van der Waals surface area contributed by atoms with E-state index in [0.29, 0.717) is 6.54 Å². The molecule has 1 heterocycles. The van der Waals surface area contributed by atoms with E-state index in [1.165, 1.54) is 5.41 Å². The van der Waals surface area contributed by atoms with Crippen LogP contribution in [-0.4, -0.2) is 64.5 Å². The summed E-state index contributed by atoms with van der Waals surface area (Å²) in [7, 11) is -1.22. The van der Waals surface area contributed by atoms with Crippen molar-refractivity contribution in [2.24, 2.45) is 0 Å². The van der Waals surface area contributed by atoms with E-state index in [-0.39, 0.29) is 0 Å². The molecule has 1 aliphatic heterocycles. The summed E-state index contributed by atoms with van der Waals surface area (Å²) in [5.74, 6) is 0. The average Bonchev–Trinajstić information content (AvgIpc) is 2.52. The van der Waals surface area contributed by atoms with Crippen molar-refractivity contribution < 1.29 is 8.42 Å². The van der Waals surface area contributed by atoms with Crippen molar-refractivity contribution in [3.05, 3.63) is 41.3 Å². The normalized spacial score (nSPS) is 18.0. The van der Waals surface area contributed by atoms with E-state index >= 15 is 0 Å². The van der Waals surface area contributed by atoms with Gasteiger partial charge < -0.3 is 9.80 Å². The van der Waals surface area contributed by atoms with Crippen LogP contribution in [0.3, 0.4) is 0 Å². The first-order chi connectivity index (χ1) is 10.6. The van der Waals surface area contributed by atoms with Crippen molar-refractivity contribution in [1.29, 1.82) is 0 Å². The van der Waals surface area contributed by atoms with Gasteiger partial charge in [0, 0.05) is 38.1 Å². The van der Waals surface area contributed by atoms with Crippen molar-refractivity contribution in [2.75, 3.05) is 46.3 Å². The molecule has 0 radical (unpaired) electrons. The molecule has 1 N–H and O–H groups in total. The van der Waals surface area contributed by atoms with Crippen LogP contribution in [0.2, 0.25) is 0 Å². The van der Waals surface area contributed by atoms with Crippen LogP contribution in [-0.2, 0) is 10.0 Å². The van der Waals surface area contributed by atoms with E-state index in [2.05, 4.69) is 21.6 Å². The van der Waals surface area contributed by atoms with Crippen LogP contribution in [0.15, 0.2) is 35.7 Å². The third-order valence-corrected chi connectivity index (χ3v) is 4.89. The van der Waals surface area contributed by atoms with Crippen molar-refractivity contribution >= 4 is 16.1 Å². The summed E-state index contributed by atoms with van der Waals surface area (Å²) < 4.78 is 26.4. The van der Waals surface area contributed by atoms with E-state index in [1.54, 1.807) is 6.08 Å². The number of nitrogens with one attached hydrogen (secondary N) is 1. The Hall–Kier alpha value is -1.21. The number of likely N-dealkylation sites (N-methyl/N-ethyl adjacent to an activating group) is 1. The van der Waals surface area contributed by atoms with Gasteiger partial charge in [-0.15, -0.1) is 0 Å². The highest BCUT2D eigenvalue weighted by Crippen LogP contribution is 2.03. The van der Waals surface area contributed by atoms with Gasteiger partial charge in [0.05, 0.1) is 0 Å². The molecule has 0 unspecified atom stereocenters. The maximum atomic E-state index is 11.9. The summed E-state index contributed by atoms with van der Waals surface area (Å²) in [5, 5.41) is 1.23. The minimum atomic E-state index is -3.35. The first-order valence-corrected chi connectivity index (χ1v) is 9.23. The molecule has 0 aromatic heterocycles. The molecule has 0 amide bonds. The highest BCUT2D eigenvalue weighted by Gasteiger charge is 2.13. The number of rotatable bonds is 7. The third kappa shape index (κ3) is 6.27. The Morgan fingerprint density at radius 1 is 1.14 bits per heavy atom. The smallest absolute Gasteiger partial charge is 0.233 e. The van der Waals surface area contributed by atoms with Gasteiger partial charge in [0.15, 0.2) is 0 Å². The standard InChI is InChI=1S/C16H25N3O2S/c1-18-11-13-19(14-12-18)10-5-9-17-22(20,21)15-8-16-6-3-2-4-7-16/h2-4,6-8,15,17H,5,9-14H2,1H3/b15-8-. The van der Waals surface area contributed by atoms with E-state index in [0.717, 1.165) is 44.7 Å². The van der Waals surface area contributed by atoms with Gasteiger partial charge in [-0.05, 0) is 31.7 Å². The molecular weight excluding hydrogens is 298 g/mol. The molecule has 5 nitrogen and oxygen atoms in total. The molecule has 1 saturated heterocycles. The predicted octanol–water partition coefficient (Wildman–Crippen LogP) is 1.21. The summed E-state index contributed by atoms with van der Waals surface area (Å²) in [6.45, 7) is 5.73. The lowest BCUT2D eigenvalue weighted by Gasteiger charge is -2.32. The lowest BCUT2D eigenvalue weighted by molar-refractivity contribution is 0.153. The lowest BCUT2D eigenvalue weighted by Crippen LogP contribution is -2.45. The number of nitrogens with zero attached hydrogens (tertiary/aromatic N) is 2. The van der Waals surface area contributed by atoms with Crippen LogP contribution in [0.4, 0.5) is 0 Å². The van der Waals surface area contributed by atoms with Crippen molar-refractivity contribution in [3.63, 3.8) is 0 Å². The number of sulfonamides is 1. The summed E-state index contributed by atoms with van der Waals surface area (Å²) >= 11 is 0. The second kappa shape index (κ2) is 8.43. The van der Waals surface area contributed by atoms with Gasteiger partial charge in [0.25, 0.3) is 0 Å². The monoisotopic (exact) mass is 323 g/mol. The first-order valence-electron chi connectivity index (χ1n) is 7.69. The lowest BCUT2D eigenvalue weighted by atomic mass is 10.2. The fourth-order valence-electron chi connectivity index (χ4n) is 2.37. The van der Waals surface area contributed by atoms with Gasteiger partial charge in [-0.25, -0.2) is 13.1 Å². The molecule has 122 valence electrons. The van der Waals surface area contributed by atoms with Crippen molar-refractivity contribution in [2.45, 2.75) is 6.42 Å². The van der Waals surface area contributed by atoms with Crippen LogP contribution in [0, 0.1) is 0 Å². The summed E-state index contributed by atoms with van der Waals surface area (Å²) in [6, 6.07) is 9.42. The Balaban J connectivity index is 1.68. The van der Waals surface area contributed by atoms with Crippen LogP contribution in [0.1, 0.15) is 12.0 Å². The molecule has 0 saturated carbocycles. The fourth-order valence-corrected chi connectivity index (χ4v) is 3.23. The molecular formula is C16H25N3O2S. The van der Waals surface area contributed by atoms with Crippen molar-refractivity contribution in [1.82, 2.24) is 14.5 Å². The molecule has 6 heteroatoms. The number of piperazine rings is 1. The molecule has 22 heavy (non-hydrogen) atoms. The molecule has 2 rings (SSSR count). The highest BCUT2D eigenvalue weighted by molar-refractivity contribution is 7.92. The zero-order valence-electron chi connectivity index (χ0n) is 13.1. The predicted molar refractivity (Wildman–Crippen MR) is 91.0 cm³/mol. The molecule has 0 atom stereocenters. The van der Waals surface area contributed by atoms with Gasteiger partial charge in [0.1, 0.15) is 0 Å². The minimum Gasteiger partial charge on any atom is -0.304 e. The second-order valence-electron chi connectivity index (χ2n) is 5.65. The third-order valence-electron chi connectivity index (χ3n) is 3.79. The zero-order valence-corrected chi connectivity index (χ0v) is 13.9. The van der Waals surface area contributed by atoms with Crippen LogP contribution in [0.25, 0.3) is 6.08 Å². The maximum Gasteiger partial charge on any atom is 0.233 e. The fraction of sp³-hybridized carbons (Fsp3) is 0.500. The number of benzene rings is 1. The Kier molecular flexibility index (Phi) is 6.57. The Labute approximate surface area is 133 Å². The summed E-state index contributed by atoms with van der Waals surface area (Å²) in [5.41, 5.74) is 0.880. The quantitative estimate of drug-likeness (QED) is 0.767. The molecule has 1 aliphatic rings. The van der Waals surface area contributed by atoms with Gasteiger partial charge in [0.2, 0.25) is 10.0 Å². The van der Waals surface area contributed by atoms with Gasteiger partial charge in [-0.1, -0.05) is 30.3 Å². The van der Waals surface area contributed by atoms with Gasteiger partial charge >= 0.3 is 0 Å². The molecule has 0 bridgehead atoms. The minimum absolute atomic E-state index is 0.480. The average molecular weight is 323 g/mol. The molecule has 0 aliphatic carbocycles. The van der Waals surface area contributed by atoms with E-state index in [1.807, 2.05) is 30.3 Å². The number of hydrogen-bond donors (Lipinski definition) is 1. The summed E-state index contributed by atoms with van der Waals surface area (Å²) in [4.78, 5) is 4.70. The molecule has 0 spiro atoms. The van der Waals surface area contributed by atoms with Crippen LogP contribution in [0.5, 0.6) is 0 Å².